The van der Waals surface area contributed by atoms with Gasteiger partial charge in [-0.15, -0.1) is 0 Å². The van der Waals surface area contributed by atoms with Crippen LogP contribution in [0.2, 0.25) is 0 Å². The molecule has 1 atom stereocenters. The maximum absolute atomic E-state index is 6.23. The average Bonchev–Trinajstić information content (AvgIpc) is 3.19. The number of pyridine rings is 1. The molecule has 134 valence electrons. The summed E-state index contributed by atoms with van der Waals surface area (Å²) in [6, 6.07) is 4.09. The smallest absolute Gasteiger partial charge is 0.132 e. The van der Waals surface area contributed by atoms with Crippen molar-refractivity contribution < 1.29 is 4.74 Å². The Morgan fingerprint density at radius 3 is 2.88 bits per heavy atom. The van der Waals surface area contributed by atoms with Gasteiger partial charge in [-0.25, -0.2) is 4.98 Å². The van der Waals surface area contributed by atoms with Gasteiger partial charge in [-0.2, -0.15) is 5.10 Å². The second-order valence-electron chi connectivity index (χ2n) is 7.29. The highest BCUT2D eigenvalue weighted by Gasteiger charge is 2.24. The molecule has 0 bridgehead atoms. The number of nitrogens with one attached hydrogen (secondary N) is 1. The van der Waals surface area contributed by atoms with Crippen LogP contribution in [0.15, 0.2) is 30.7 Å². The van der Waals surface area contributed by atoms with E-state index in [1.165, 1.54) is 18.4 Å². The molecule has 2 aliphatic heterocycles. The lowest BCUT2D eigenvalue weighted by Crippen LogP contribution is -2.36. The van der Waals surface area contributed by atoms with Crippen molar-refractivity contribution in [1.29, 1.82) is 0 Å². The van der Waals surface area contributed by atoms with E-state index in [1.54, 1.807) is 0 Å². The third-order valence-electron chi connectivity index (χ3n) is 5.42. The molecule has 2 aliphatic rings. The third kappa shape index (κ3) is 3.95. The van der Waals surface area contributed by atoms with E-state index in [2.05, 4.69) is 38.1 Å². The van der Waals surface area contributed by atoms with Crippen molar-refractivity contribution in [2.24, 2.45) is 0 Å². The van der Waals surface area contributed by atoms with Crippen LogP contribution >= 0.6 is 0 Å². The number of ether oxygens (including phenoxy) is 1. The predicted molar refractivity (Wildman–Crippen MR) is 98.2 cm³/mol. The molecule has 6 heteroatoms. The molecule has 1 N–H and O–H groups in total. The fourth-order valence-electron chi connectivity index (χ4n) is 3.88. The van der Waals surface area contributed by atoms with Gasteiger partial charge in [-0.1, -0.05) is 0 Å². The fourth-order valence-corrected chi connectivity index (χ4v) is 3.88. The van der Waals surface area contributed by atoms with Crippen molar-refractivity contribution in [3.63, 3.8) is 0 Å². The second-order valence-corrected chi connectivity index (χ2v) is 7.29. The van der Waals surface area contributed by atoms with Crippen LogP contribution in [0.4, 0.5) is 5.82 Å². The Hall–Kier alpha value is -2.08. The third-order valence-corrected chi connectivity index (χ3v) is 5.42. The number of aromatic amines is 1. The number of aromatic nitrogens is 3. The van der Waals surface area contributed by atoms with Crippen molar-refractivity contribution in [3.05, 3.63) is 36.3 Å². The molecule has 0 spiro atoms. The predicted octanol–water partition coefficient (Wildman–Crippen LogP) is 2.66. The summed E-state index contributed by atoms with van der Waals surface area (Å²) in [6.07, 6.45) is 10.7. The van der Waals surface area contributed by atoms with Crippen LogP contribution in [-0.4, -0.2) is 59.4 Å². The van der Waals surface area contributed by atoms with Gasteiger partial charge in [0.15, 0.2) is 0 Å². The molecule has 2 aromatic rings. The van der Waals surface area contributed by atoms with Crippen molar-refractivity contribution >= 4 is 5.82 Å². The Kier molecular flexibility index (Phi) is 4.88. The SMILES string of the molecule is CN1CCC(Oc2ccnc(N3CCCC(c4cn[nH]c4)C3)c2)CC1. The van der Waals surface area contributed by atoms with E-state index in [-0.39, 0.29) is 0 Å². The van der Waals surface area contributed by atoms with Crippen LogP contribution in [0.3, 0.4) is 0 Å². The molecule has 2 saturated heterocycles. The highest BCUT2D eigenvalue weighted by atomic mass is 16.5. The zero-order chi connectivity index (χ0) is 17.1. The Bertz CT molecular complexity index is 666. The Balaban J connectivity index is 1.42. The Morgan fingerprint density at radius 1 is 1.20 bits per heavy atom. The van der Waals surface area contributed by atoms with Gasteiger partial charge in [0.2, 0.25) is 0 Å². The lowest BCUT2D eigenvalue weighted by atomic mass is 9.93. The number of hydrogen-bond donors (Lipinski definition) is 1. The second kappa shape index (κ2) is 7.44. The van der Waals surface area contributed by atoms with Crippen LogP contribution in [0.1, 0.15) is 37.2 Å². The zero-order valence-corrected chi connectivity index (χ0v) is 14.9. The molecule has 4 rings (SSSR count). The molecule has 4 heterocycles. The van der Waals surface area contributed by atoms with Crippen molar-refractivity contribution in [1.82, 2.24) is 20.1 Å². The first kappa shape index (κ1) is 16.4. The van der Waals surface area contributed by atoms with Crippen LogP contribution < -0.4 is 9.64 Å². The first-order valence-electron chi connectivity index (χ1n) is 9.33. The summed E-state index contributed by atoms with van der Waals surface area (Å²) in [4.78, 5) is 9.34. The summed E-state index contributed by atoms with van der Waals surface area (Å²) in [5.74, 6) is 2.50. The summed E-state index contributed by atoms with van der Waals surface area (Å²) in [5, 5.41) is 7.03. The molecule has 1 unspecified atom stereocenters. The molecule has 0 aromatic carbocycles. The minimum absolute atomic E-state index is 0.325. The molecular formula is C19H27N5O. The number of nitrogens with zero attached hydrogens (tertiary/aromatic N) is 4. The molecule has 25 heavy (non-hydrogen) atoms. The molecular weight excluding hydrogens is 314 g/mol. The van der Waals surface area contributed by atoms with Gasteiger partial charge in [0, 0.05) is 50.6 Å². The lowest BCUT2D eigenvalue weighted by Gasteiger charge is -2.33. The number of H-pyrrole nitrogens is 1. The minimum atomic E-state index is 0.325. The number of likely N-dealkylation sites (tertiary alicyclic amines) is 1. The van der Waals surface area contributed by atoms with E-state index in [9.17, 15) is 0 Å². The van der Waals surface area contributed by atoms with Gasteiger partial charge < -0.3 is 14.5 Å². The Labute approximate surface area is 149 Å². The maximum atomic E-state index is 6.23. The number of rotatable bonds is 4. The summed E-state index contributed by atoms with van der Waals surface area (Å²) < 4.78 is 6.23. The van der Waals surface area contributed by atoms with Gasteiger partial charge in [-0.05, 0) is 44.4 Å². The monoisotopic (exact) mass is 341 g/mol. The van der Waals surface area contributed by atoms with E-state index in [0.29, 0.717) is 12.0 Å². The highest BCUT2D eigenvalue weighted by molar-refractivity contribution is 5.44. The van der Waals surface area contributed by atoms with E-state index >= 15 is 0 Å². The summed E-state index contributed by atoms with van der Waals surface area (Å²) >= 11 is 0. The van der Waals surface area contributed by atoms with Crippen molar-refractivity contribution in [2.45, 2.75) is 37.7 Å². The molecule has 0 amide bonds. The number of piperidine rings is 2. The molecule has 0 aliphatic carbocycles. The first-order valence-corrected chi connectivity index (χ1v) is 9.33. The van der Waals surface area contributed by atoms with Gasteiger partial charge in [0.1, 0.15) is 17.7 Å². The lowest BCUT2D eigenvalue weighted by molar-refractivity contribution is 0.114. The topological polar surface area (TPSA) is 57.3 Å². The fraction of sp³-hybridized carbons (Fsp3) is 0.579. The quantitative estimate of drug-likeness (QED) is 0.926. The van der Waals surface area contributed by atoms with E-state index < -0.39 is 0 Å². The van der Waals surface area contributed by atoms with Crippen LogP contribution in [-0.2, 0) is 0 Å². The standard InChI is InChI=1S/C19H27N5O/c1-23-9-5-17(6-10-23)25-18-4-7-20-19(11-18)24-8-2-3-15(14-24)16-12-21-22-13-16/h4,7,11-13,15,17H,2-3,5-6,8-10,14H2,1H3,(H,21,22). The molecule has 0 radical (unpaired) electrons. The maximum Gasteiger partial charge on any atom is 0.132 e. The van der Waals surface area contributed by atoms with Gasteiger partial charge >= 0.3 is 0 Å². The van der Waals surface area contributed by atoms with E-state index in [4.69, 9.17) is 4.74 Å². The number of anilines is 1. The highest BCUT2D eigenvalue weighted by Crippen LogP contribution is 2.30. The van der Waals surface area contributed by atoms with Gasteiger partial charge in [0.05, 0.1) is 6.20 Å². The first-order chi connectivity index (χ1) is 12.3. The molecule has 2 fully saturated rings. The minimum Gasteiger partial charge on any atom is -0.490 e. The van der Waals surface area contributed by atoms with Crippen molar-refractivity contribution in [2.75, 3.05) is 38.1 Å². The van der Waals surface area contributed by atoms with Crippen LogP contribution in [0, 0.1) is 0 Å². The van der Waals surface area contributed by atoms with E-state index in [0.717, 1.165) is 50.6 Å². The molecule has 2 aromatic heterocycles. The molecule has 0 saturated carbocycles. The van der Waals surface area contributed by atoms with Crippen LogP contribution in [0.25, 0.3) is 0 Å². The Morgan fingerprint density at radius 2 is 2.08 bits per heavy atom. The van der Waals surface area contributed by atoms with Crippen molar-refractivity contribution in [3.8, 4) is 5.75 Å². The normalized spacial score (nSPS) is 22.9. The largest absolute Gasteiger partial charge is 0.490 e. The summed E-state index contributed by atoms with van der Waals surface area (Å²) in [5.41, 5.74) is 1.29. The van der Waals surface area contributed by atoms with Gasteiger partial charge in [0.25, 0.3) is 0 Å². The van der Waals surface area contributed by atoms with E-state index in [1.807, 2.05) is 24.7 Å². The van der Waals surface area contributed by atoms with Gasteiger partial charge in [-0.3, -0.25) is 5.10 Å². The summed E-state index contributed by atoms with van der Waals surface area (Å²) in [6.45, 7) is 4.27. The summed E-state index contributed by atoms with van der Waals surface area (Å²) in [7, 11) is 2.17. The van der Waals surface area contributed by atoms with Crippen LogP contribution in [0.5, 0.6) is 5.75 Å². The average molecular weight is 341 g/mol. The number of hydrogen-bond acceptors (Lipinski definition) is 5. The molecule has 6 nitrogen and oxygen atoms in total. The zero-order valence-electron chi connectivity index (χ0n) is 14.9.